The lowest BCUT2D eigenvalue weighted by Gasteiger charge is -2.32. The highest BCUT2D eigenvalue weighted by Crippen LogP contribution is 2.33. The lowest BCUT2D eigenvalue weighted by atomic mass is 9.94. The zero-order valence-corrected chi connectivity index (χ0v) is 15.8. The summed E-state index contributed by atoms with van der Waals surface area (Å²) in [5.41, 5.74) is 1.36. The number of aromatic nitrogens is 4. The van der Waals surface area contributed by atoms with Crippen molar-refractivity contribution in [3.63, 3.8) is 0 Å². The third-order valence-corrected chi connectivity index (χ3v) is 4.73. The topological polar surface area (TPSA) is 94.2 Å². The van der Waals surface area contributed by atoms with E-state index in [1.165, 1.54) is 0 Å². The second-order valence-electron chi connectivity index (χ2n) is 6.78. The van der Waals surface area contributed by atoms with Crippen LogP contribution in [-0.2, 0) is 0 Å². The standard InChI is InChI=1S/C20H21N5O3/c1-13-18(27-14(2)24-13)20(26)25-10-4-5-15(12-25)17-19(23-9-8-22-17)28-16-6-3-7-21-11-16/h3,6-9,11,15H,4-5,10,12H2,1-2H3/t15-/m1/s1. The summed E-state index contributed by atoms with van der Waals surface area (Å²) in [4.78, 5) is 31.8. The van der Waals surface area contributed by atoms with E-state index < -0.39 is 0 Å². The van der Waals surface area contributed by atoms with Gasteiger partial charge in [-0.3, -0.25) is 14.8 Å². The Kier molecular flexibility index (Phi) is 5.01. The number of likely N-dealkylation sites (tertiary alicyclic amines) is 1. The molecule has 0 radical (unpaired) electrons. The van der Waals surface area contributed by atoms with Crippen molar-refractivity contribution < 1.29 is 13.9 Å². The Labute approximate surface area is 162 Å². The van der Waals surface area contributed by atoms with Gasteiger partial charge < -0.3 is 14.1 Å². The largest absolute Gasteiger partial charge is 0.436 e. The number of ether oxygens (including phenoxy) is 1. The maximum Gasteiger partial charge on any atom is 0.291 e. The van der Waals surface area contributed by atoms with E-state index in [0.29, 0.717) is 42.1 Å². The van der Waals surface area contributed by atoms with E-state index in [1.54, 1.807) is 49.6 Å². The number of carbonyl (C=O) groups is 1. The Morgan fingerprint density at radius 3 is 2.86 bits per heavy atom. The van der Waals surface area contributed by atoms with Gasteiger partial charge in [0.1, 0.15) is 11.4 Å². The summed E-state index contributed by atoms with van der Waals surface area (Å²) in [6, 6.07) is 3.62. The van der Waals surface area contributed by atoms with E-state index in [9.17, 15) is 4.79 Å². The molecule has 1 fully saturated rings. The molecule has 3 aromatic heterocycles. The Bertz CT molecular complexity index is 973. The second kappa shape index (κ2) is 7.75. The van der Waals surface area contributed by atoms with Crippen LogP contribution in [0.1, 0.15) is 46.6 Å². The van der Waals surface area contributed by atoms with Gasteiger partial charge in [-0.15, -0.1) is 0 Å². The van der Waals surface area contributed by atoms with Crippen LogP contribution in [0.5, 0.6) is 11.6 Å². The lowest BCUT2D eigenvalue weighted by Crippen LogP contribution is -2.39. The molecule has 0 unspecified atom stereocenters. The highest BCUT2D eigenvalue weighted by atomic mass is 16.5. The molecule has 0 saturated carbocycles. The van der Waals surface area contributed by atoms with E-state index >= 15 is 0 Å². The molecule has 3 aromatic rings. The van der Waals surface area contributed by atoms with Crippen LogP contribution in [0.2, 0.25) is 0 Å². The van der Waals surface area contributed by atoms with E-state index in [0.717, 1.165) is 18.5 Å². The van der Waals surface area contributed by atoms with Gasteiger partial charge in [0.25, 0.3) is 5.91 Å². The maximum atomic E-state index is 12.9. The molecule has 144 valence electrons. The minimum atomic E-state index is -0.138. The molecule has 1 atom stereocenters. The van der Waals surface area contributed by atoms with Crippen LogP contribution in [-0.4, -0.2) is 43.8 Å². The van der Waals surface area contributed by atoms with Crippen molar-refractivity contribution in [2.75, 3.05) is 13.1 Å². The molecule has 0 aromatic carbocycles. The van der Waals surface area contributed by atoms with Crippen LogP contribution in [0, 0.1) is 13.8 Å². The molecule has 0 N–H and O–H groups in total. The number of aryl methyl sites for hydroxylation is 2. The summed E-state index contributed by atoms with van der Waals surface area (Å²) in [5.74, 6) is 1.74. The summed E-state index contributed by atoms with van der Waals surface area (Å²) in [5, 5.41) is 0. The number of piperidine rings is 1. The maximum absolute atomic E-state index is 12.9. The quantitative estimate of drug-likeness (QED) is 0.686. The third-order valence-electron chi connectivity index (χ3n) is 4.73. The van der Waals surface area contributed by atoms with Crippen LogP contribution < -0.4 is 4.74 Å². The average molecular weight is 379 g/mol. The van der Waals surface area contributed by atoms with Crippen molar-refractivity contribution in [1.29, 1.82) is 0 Å². The molecule has 0 bridgehead atoms. The van der Waals surface area contributed by atoms with E-state index in [2.05, 4.69) is 19.9 Å². The van der Waals surface area contributed by atoms with Crippen molar-refractivity contribution in [3.8, 4) is 11.6 Å². The Hall–Kier alpha value is -3.29. The van der Waals surface area contributed by atoms with Crippen LogP contribution in [0.3, 0.4) is 0 Å². The van der Waals surface area contributed by atoms with Crippen LogP contribution in [0.15, 0.2) is 41.3 Å². The minimum absolute atomic E-state index is 0.0300. The van der Waals surface area contributed by atoms with Gasteiger partial charge in [0.2, 0.25) is 11.6 Å². The Balaban J connectivity index is 1.55. The molecular weight excluding hydrogens is 358 g/mol. The molecule has 1 amide bonds. The number of hydrogen-bond donors (Lipinski definition) is 0. The first kappa shape index (κ1) is 18.1. The predicted molar refractivity (Wildman–Crippen MR) is 100 cm³/mol. The molecular formula is C20H21N5O3. The fourth-order valence-corrected chi connectivity index (χ4v) is 3.47. The highest BCUT2D eigenvalue weighted by Gasteiger charge is 2.31. The van der Waals surface area contributed by atoms with Gasteiger partial charge >= 0.3 is 0 Å². The van der Waals surface area contributed by atoms with Crippen LogP contribution >= 0.6 is 0 Å². The van der Waals surface area contributed by atoms with Crippen molar-refractivity contribution in [2.45, 2.75) is 32.6 Å². The van der Waals surface area contributed by atoms with Gasteiger partial charge in [-0.1, -0.05) is 0 Å². The number of oxazole rings is 1. The molecule has 1 aliphatic heterocycles. The number of pyridine rings is 1. The normalized spacial score (nSPS) is 16.8. The fraction of sp³-hybridized carbons (Fsp3) is 0.350. The summed E-state index contributed by atoms with van der Waals surface area (Å²) in [6.45, 7) is 4.73. The zero-order chi connectivity index (χ0) is 19.5. The molecule has 1 aliphatic rings. The summed E-state index contributed by atoms with van der Waals surface area (Å²) in [6.07, 6.45) is 8.33. The number of nitrogens with zero attached hydrogens (tertiary/aromatic N) is 5. The van der Waals surface area contributed by atoms with Gasteiger partial charge in [0.15, 0.2) is 5.89 Å². The zero-order valence-electron chi connectivity index (χ0n) is 15.8. The van der Waals surface area contributed by atoms with Crippen molar-refractivity contribution in [2.24, 2.45) is 0 Å². The van der Waals surface area contributed by atoms with Gasteiger partial charge in [0.05, 0.1) is 11.9 Å². The predicted octanol–water partition coefficient (Wildman–Crippen LogP) is 3.29. The third kappa shape index (κ3) is 3.71. The number of carbonyl (C=O) groups excluding carboxylic acids is 1. The first-order valence-electron chi connectivity index (χ1n) is 9.24. The SMILES string of the molecule is Cc1nc(C)c(C(=O)N2CCC[C@@H](c3nccnc3Oc3cccnc3)C2)o1. The van der Waals surface area contributed by atoms with Crippen LogP contribution in [0.4, 0.5) is 0 Å². The first-order valence-corrected chi connectivity index (χ1v) is 9.24. The molecule has 28 heavy (non-hydrogen) atoms. The molecule has 8 heteroatoms. The van der Waals surface area contributed by atoms with E-state index in [4.69, 9.17) is 9.15 Å². The van der Waals surface area contributed by atoms with Crippen molar-refractivity contribution >= 4 is 5.91 Å². The fourth-order valence-electron chi connectivity index (χ4n) is 3.47. The summed E-state index contributed by atoms with van der Waals surface area (Å²) < 4.78 is 11.4. The number of amides is 1. The van der Waals surface area contributed by atoms with Gasteiger partial charge in [0, 0.05) is 44.5 Å². The molecule has 8 nitrogen and oxygen atoms in total. The average Bonchev–Trinajstić information content (AvgIpc) is 3.07. The Morgan fingerprint density at radius 2 is 2.11 bits per heavy atom. The molecule has 0 spiro atoms. The highest BCUT2D eigenvalue weighted by molar-refractivity contribution is 5.92. The molecule has 4 rings (SSSR count). The van der Waals surface area contributed by atoms with E-state index in [1.807, 2.05) is 6.07 Å². The van der Waals surface area contributed by atoms with Gasteiger partial charge in [-0.2, -0.15) is 0 Å². The first-order chi connectivity index (χ1) is 13.6. The van der Waals surface area contributed by atoms with E-state index in [-0.39, 0.29) is 11.8 Å². The van der Waals surface area contributed by atoms with Gasteiger partial charge in [-0.25, -0.2) is 9.97 Å². The molecule has 1 saturated heterocycles. The summed E-state index contributed by atoms with van der Waals surface area (Å²) in [7, 11) is 0. The number of rotatable bonds is 4. The lowest BCUT2D eigenvalue weighted by molar-refractivity contribution is 0.0670. The van der Waals surface area contributed by atoms with Crippen molar-refractivity contribution in [1.82, 2.24) is 24.8 Å². The minimum Gasteiger partial charge on any atom is -0.436 e. The summed E-state index contributed by atoms with van der Waals surface area (Å²) >= 11 is 0. The van der Waals surface area contributed by atoms with Gasteiger partial charge in [-0.05, 0) is 31.9 Å². The molecule has 4 heterocycles. The number of hydrogen-bond acceptors (Lipinski definition) is 7. The van der Waals surface area contributed by atoms with Crippen LogP contribution in [0.25, 0.3) is 0 Å². The molecule has 0 aliphatic carbocycles. The second-order valence-corrected chi connectivity index (χ2v) is 6.78. The monoisotopic (exact) mass is 379 g/mol. The smallest absolute Gasteiger partial charge is 0.291 e. The van der Waals surface area contributed by atoms with Crippen molar-refractivity contribution in [3.05, 3.63) is 60.0 Å². The Morgan fingerprint density at radius 1 is 1.25 bits per heavy atom.